The zero-order valence-corrected chi connectivity index (χ0v) is 4.91. The first-order chi connectivity index (χ1) is 3.06. The van der Waals surface area contributed by atoms with Crippen LogP contribution in [0, 0.1) is 13.8 Å². The van der Waals surface area contributed by atoms with E-state index in [4.69, 9.17) is 5.73 Å². The highest BCUT2D eigenvalue weighted by Gasteiger charge is 2.17. The van der Waals surface area contributed by atoms with Gasteiger partial charge in [0.2, 0.25) is 0 Å². The Hall–Kier alpha value is -0.300. The molecule has 2 N–H and O–H groups in total. The molecule has 1 unspecified atom stereocenters. The van der Waals surface area contributed by atoms with Crippen LogP contribution in [0.4, 0.5) is 0 Å². The van der Waals surface area contributed by atoms with Crippen molar-refractivity contribution in [3.05, 3.63) is 13.8 Å². The van der Waals surface area contributed by atoms with E-state index in [0.717, 1.165) is 12.8 Å². The van der Waals surface area contributed by atoms with Crippen molar-refractivity contribution < 1.29 is 0 Å². The molecule has 0 rings (SSSR count). The molecule has 7 heavy (non-hydrogen) atoms. The molecular weight excluding hydrogens is 86.1 g/mol. The van der Waals surface area contributed by atoms with Gasteiger partial charge in [0.15, 0.2) is 5.54 Å². The summed E-state index contributed by atoms with van der Waals surface area (Å²) in [5, 5.41) is 0. The van der Waals surface area contributed by atoms with Crippen LogP contribution in [-0.2, 0) is 0 Å². The molecule has 0 radical (unpaired) electrons. The summed E-state index contributed by atoms with van der Waals surface area (Å²) in [6.45, 7) is 9.25. The highest BCUT2D eigenvalue weighted by atomic mass is 14.7. The Labute approximate surface area is 45.9 Å². The number of nitrogens with two attached hydrogens (primary N) is 1. The molecule has 1 atom stereocenters. The Morgan fingerprint density at radius 2 is 2.14 bits per heavy atom. The lowest BCUT2D eigenvalue weighted by Crippen LogP contribution is -2.31. The largest absolute Gasteiger partial charge is 0.288 e. The summed E-state index contributed by atoms with van der Waals surface area (Å²) in [4.78, 5) is 0. The van der Waals surface area contributed by atoms with E-state index >= 15 is 0 Å². The highest BCUT2D eigenvalue weighted by Crippen LogP contribution is 2.03. The summed E-state index contributed by atoms with van der Waals surface area (Å²) in [5.74, 6) is 0. The molecule has 0 aliphatic heterocycles. The zero-order valence-electron chi connectivity index (χ0n) is 4.91. The first kappa shape index (κ1) is 6.70. The standard InChI is InChI=1S/C6H13N/c1-4-5-6(2,3)7/h1-2,4-5,7H2,3H3/q+2. The van der Waals surface area contributed by atoms with Gasteiger partial charge in [-0.05, 0) is 6.92 Å². The Kier molecular flexibility index (Phi) is 2.03. The summed E-state index contributed by atoms with van der Waals surface area (Å²) in [6.07, 6.45) is 1.77. The minimum atomic E-state index is -0.262. The smallest absolute Gasteiger partial charge is 0.155 e. The van der Waals surface area contributed by atoms with Gasteiger partial charge in [-0.3, -0.25) is 5.73 Å². The van der Waals surface area contributed by atoms with E-state index in [0.29, 0.717) is 0 Å². The van der Waals surface area contributed by atoms with E-state index in [2.05, 4.69) is 13.8 Å². The molecule has 0 saturated carbocycles. The van der Waals surface area contributed by atoms with Crippen molar-refractivity contribution in [1.82, 2.24) is 0 Å². The molecule has 0 heterocycles. The topological polar surface area (TPSA) is 26.0 Å². The zero-order chi connectivity index (χ0) is 5.91. The quantitative estimate of drug-likeness (QED) is 0.516. The Morgan fingerprint density at radius 1 is 1.71 bits per heavy atom. The lowest BCUT2D eigenvalue weighted by Gasteiger charge is -2.04. The summed E-state index contributed by atoms with van der Waals surface area (Å²) < 4.78 is 0. The third kappa shape index (κ3) is 5.70. The third-order valence-electron chi connectivity index (χ3n) is 0.748. The lowest BCUT2D eigenvalue weighted by atomic mass is 10.0. The van der Waals surface area contributed by atoms with Gasteiger partial charge < -0.3 is 0 Å². The molecular formula is C6H13N+2. The molecule has 0 amide bonds. The van der Waals surface area contributed by atoms with Gasteiger partial charge in [-0.2, -0.15) is 0 Å². The van der Waals surface area contributed by atoms with E-state index in [1.54, 1.807) is 0 Å². The van der Waals surface area contributed by atoms with Crippen molar-refractivity contribution in [2.45, 2.75) is 25.3 Å². The fraction of sp³-hybridized carbons (Fsp3) is 0.667. The average molecular weight is 99.2 g/mol. The van der Waals surface area contributed by atoms with Crippen LogP contribution in [0.3, 0.4) is 0 Å². The molecule has 0 aliphatic carbocycles. The molecule has 0 aromatic heterocycles. The summed E-state index contributed by atoms with van der Waals surface area (Å²) in [7, 11) is 0. The lowest BCUT2D eigenvalue weighted by molar-refractivity contribution is 0.534. The van der Waals surface area contributed by atoms with Crippen LogP contribution in [0.1, 0.15) is 19.8 Å². The molecule has 40 valence electrons. The van der Waals surface area contributed by atoms with E-state index in [9.17, 15) is 0 Å². The van der Waals surface area contributed by atoms with Crippen LogP contribution >= 0.6 is 0 Å². The van der Waals surface area contributed by atoms with Gasteiger partial charge in [-0.25, -0.2) is 0 Å². The predicted octanol–water partition coefficient (Wildman–Crippen LogP) is 1.15. The van der Waals surface area contributed by atoms with Crippen LogP contribution in [0.5, 0.6) is 0 Å². The highest BCUT2D eigenvalue weighted by molar-refractivity contribution is 4.80. The van der Waals surface area contributed by atoms with Crippen molar-refractivity contribution in [1.29, 1.82) is 0 Å². The predicted molar refractivity (Wildman–Crippen MR) is 32.5 cm³/mol. The SMILES string of the molecule is [CH2+]CCC([CH2+])(C)N. The molecule has 0 bridgehead atoms. The van der Waals surface area contributed by atoms with Crippen LogP contribution in [0.15, 0.2) is 0 Å². The van der Waals surface area contributed by atoms with Gasteiger partial charge in [0.05, 0.1) is 20.3 Å². The fourth-order valence-electron chi connectivity index (χ4n) is 0.404. The second kappa shape index (κ2) is 2.12. The Balaban J connectivity index is 3.15. The maximum Gasteiger partial charge on any atom is 0.155 e. The van der Waals surface area contributed by atoms with Crippen LogP contribution in [0.2, 0.25) is 0 Å². The van der Waals surface area contributed by atoms with Gasteiger partial charge in [-0.1, -0.05) is 0 Å². The number of hydrogen-bond acceptors (Lipinski definition) is 1. The Morgan fingerprint density at radius 3 is 2.14 bits per heavy atom. The van der Waals surface area contributed by atoms with E-state index < -0.39 is 0 Å². The molecule has 0 aliphatic rings. The first-order valence-corrected chi connectivity index (χ1v) is 2.50. The molecule has 1 nitrogen and oxygen atoms in total. The van der Waals surface area contributed by atoms with E-state index in [1.165, 1.54) is 0 Å². The molecule has 0 saturated heterocycles. The van der Waals surface area contributed by atoms with Crippen molar-refractivity contribution in [3.63, 3.8) is 0 Å². The van der Waals surface area contributed by atoms with Crippen molar-refractivity contribution >= 4 is 0 Å². The Bertz CT molecular complexity index is 42.6. The van der Waals surface area contributed by atoms with Crippen molar-refractivity contribution in [3.8, 4) is 0 Å². The normalized spacial score (nSPS) is 18.6. The molecule has 0 aromatic carbocycles. The van der Waals surface area contributed by atoms with E-state index in [-0.39, 0.29) is 5.54 Å². The van der Waals surface area contributed by atoms with Gasteiger partial charge in [-0.15, -0.1) is 0 Å². The third-order valence-corrected chi connectivity index (χ3v) is 0.748. The summed E-state index contributed by atoms with van der Waals surface area (Å²) in [6, 6.07) is 0. The van der Waals surface area contributed by atoms with Gasteiger partial charge in [0.25, 0.3) is 0 Å². The maximum absolute atomic E-state index is 5.49. The molecule has 0 aromatic rings. The average Bonchev–Trinajstić information content (AvgIpc) is 1.30. The van der Waals surface area contributed by atoms with Crippen LogP contribution in [-0.4, -0.2) is 5.54 Å². The maximum atomic E-state index is 5.49. The second-order valence-corrected chi connectivity index (χ2v) is 2.26. The number of rotatable bonds is 2. The summed E-state index contributed by atoms with van der Waals surface area (Å²) >= 11 is 0. The van der Waals surface area contributed by atoms with Gasteiger partial charge in [0.1, 0.15) is 0 Å². The van der Waals surface area contributed by atoms with Gasteiger partial charge in [0, 0.05) is 6.42 Å². The summed E-state index contributed by atoms with van der Waals surface area (Å²) in [5.41, 5.74) is 5.23. The minimum absolute atomic E-state index is 0.262. The van der Waals surface area contributed by atoms with Gasteiger partial charge >= 0.3 is 0 Å². The second-order valence-electron chi connectivity index (χ2n) is 2.26. The molecule has 0 spiro atoms. The van der Waals surface area contributed by atoms with Crippen molar-refractivity contribution in [2.75, 3.05) is 0 Å². The fourth-order valence-corrected chi connectivity index (χ4v) is 0.404. The van der Waals surface area contributed by atoms with Crippen molar-refractivity contribution in [2.24, 2.45) is 5.73 Å². The first-order valence-electron chi connectivity index (χ1n) is 2.50. The molecule has 1 heteroatoms. The van der Waals surface area contributed by atoms with Crippen LogP contribution < -0.4 is 5.73 Å². The van der Waals surface area contributed by atoms with E-state index in [1.807, 2.05) is 6.92 Å². The molecule has 0 fully saturated rings. The minimum Gasteiger partial charge on any atom is -0.288 e. The number of hydrogen-bond donors (Lipinski definition) is 1. The van der Waals surface area contributed by atoms with Crippen LogP contribution in [0.25, 0.3) is 0 Å². The monoisotopic (exact) mass is 99.1 g/mol.